The molecule has 1 amide bonds. The van der Waals surface area contributed by atoms with Crippen molar-refractivity contribution < 1.29 is 9.18 Å². The fourth-order valence-corrected chi connectivity index (χ4v) is 2.39. The highest BCUT2D eigenvalue weighted by molar-refractivity contribution is 7.10. The Morgan fingerprint density at radius 1 is 1.45 bits per heavy atom. The molecule has 2 N–H and O–H groups in total. The van der Waals surface area contributed by atoms with Gasteiger partial charge in [-0.3, -0.25) is 4.79 Å². The zero-order valence-electron chi connectivity index (χ0n) is 10.7. The van der Waals surface area contributed by atoms with Crippen LogP contribution in [0, 0.1) is 17.1 Å². The largest absolute Gasteiger partial charge is 0.380 e. The summed E-state index contributed by atoms with van der Waals surface area (Å²) in [5.41, 5.74) is 1.47. The fraction of sp³-hybridized carbons (Fsp3) is 0.143. The molecule has 0 fully saturated rings. The molecule has 1 aromatic heterocycles. The number of rotatable bonds is 4. The molecule has 102 valence electrons. The van der Waals surface area contributed by atoms with Gasteiger partial charge in [-0.1, -0.05) is 0 Å². The maximum absolute atomic E-state index is 13.5. The number of hydrogen-bond donors (Lipinski definition) is 2. The van der Waals surface area contributed by atoms with Crippen molar-refractivity contribution in [3.8, 4) is 6.07 Å². The minimum atomic E-state index is -0.478. The Morgan fingerprint density at radius 3 is 2.90 bits per heavy atom. The first-order valence-corrected chi connectivity index (χ1v) is 6.75. The molecule has 0 aliphatic rings. The third-order valence-corrected chi connectivity index (χ3v) is 3.46. The molecular weight excluding hydrogens is 277 g/mol. The maximum Gasteiger partial charge on any atom is 0.221 e. The number of carbonyl (C=O) groups excluding carboxylic acids is 1. The second-order valence-corrected chi connectivity index (χ2v) is 5.14. The van der Waals surface area contributed by atoms with Gasteiger partial charge in [0.25, 0.3) is 0 Å². The molecule has 0 saturated heterocycles. The van der Waals surface area contributed by atoms with Crippen LogP contribution < -0.4 is 10.6 Å². The third-order valence-electron chi connectivity index (χ3n) is 2.53. The molecule has 0 radical (unpaired) electrons. The van der Waals surface area contributed by atoms with Gasteiger partial charge in [0.2, 0.25) is 5.91 Å². The van der Waals surface area contributed by atoms with E-state index in [1.807, 2.05) is 0 Å². The summed E-state index contributed by atoms with van der Waals surface area (Å²) in [6.45, 7) is 1.87. The molecule has 4 nitrogen and oxygen atoms in total. The van der Waals surface area contributed by atoms with E-state index in [9.17, 15) is 9.18 Å². The third kappa shape index (κ3) is 3.56. The number of nitrogens with one attached hydrogen (secondary N) is 2. The van der Waals surface area contributed by atoms with Crippen LogP contribution in [0.15, 0.2) is 29.6 Å². The van der Waals surface area contributed by atoms with Crippen LogP contribution in [0.2, 0.25) is 0 Å². The molecule has 0 bridgehead atoms. The highest BCUT2D eigenvalue weighted by atomic mass is 32.1. The number of carbonyl (C=O) groups is 1. The van der Waals surface area contributed by atoms with Crippen LogP contribution >= 0.6 is 11.3 Å². The van der Waals surface area contributed by atoms with Gasteiger partial charge in [-0.2, -0.15) is 5.26 Å². The van der Waals surface area contributed by atoms with Crippen LogP contribution in [0.5, 0.6) is 0 Å². The van der Waals surface area contributed by atoms with Crippen molar-refractivity contribution in [1.82, 2.24) is 0 Å². The Morgan fingerprint density at radius 2 is 2.25 bits per heavy atom. The maximum atomic E-state index is 13.5. The van der Waals surface area contributed by atoms with E-state index >= 15 is 0 Å². The molecule has 0 unspecified atom stereocenters. The van der Waals surface area contributed by atoms with E-state index in [0.29, 0.717) is 17.8 Å². The highest BCUT2D eigenvalue weighted by Gasteiger charge is 2.05. The van der Waals surface area contributed by atoms with E-state index in [1.165, 1.54) is 30.4 Å². The molecule has 20 heavy (non-hydrogen) atoms. The molecule has 0 spiro atoms. The van der Waals surface area contributed by atoms with Crippen molar-refractivity contribution >= 4 is 28.6 Å². The van der Waals surface area contributed by atoms with Crippen LogP contribution in [-0.2, 0) is 11.3 Å². The van der Waals surface area contributed by atoms with Crippen molar-refractivity contribution in [2.45, 2.75) is 13.5 Å². The van der Waals surface area contributed by atoms with Gasteiger partial charge in [0, 0.05) is 29.4 Å². The van der Waals surface area contributed by atoms with Crippen molar-refractivity contribution in [1.29, 1.82) is 5.26 Å². The fourth-order valence-electron chi connectivity index (χ4n) is 1.64. The van der Waals surface area contributed by atoms with Crippen LogP contribution in [0.25, 0.3) is 0 Å². The van der Waals surface area contributed by atoms with Crippen LogP contribution in [0.3, 0.4) is 0 Å². The van der Waals surface area contributed by atoms with Crippen LogP contribution in [0.4, 0.5) is 15.8 Å². The van der Waals surface area contributed by atoms with Crippen molar-refractivity contribution in [3.05, 3.63) is 45.9 Å². The average molecular weight is 289 g/mol. The minimum absolute atomic E-state index is 0.145. The van der Waals surface area contributed by atoms with Gasteiger partial charge >= 0.3 is 0 Å². The number of amides is 1. The Labute approximate surface area is 119 Å². The number of nitriles is 1. The normalized spacial score (nSPS) is 9.85. The van der Waals surface area contributed by atoms with E-state index < -0.39 is 5.82 Å². The summed E-state index contributed by atoms with van der Waals surface area (Å²) in [7, 11) is 0. The Balaban J connectivity index is 2.06. The lowest BCUT2D eigenvalue weighted by molar-refractivity contribution is -0.114. The molecule has 0 aliphatic heterocycles. The van der Waals surface area contributed by atoms with E-state index in [-0.39, 0.29) is 11.6 Å². The van der Waals surface area contributed by atoms with E-state index in [4.69, 9.17) is 5.26 Å². The summed E-state index contributed by atoms with van der Waals surface area (Å²) in [5, 5.41) is 16.1. The molecule has 0 atom stereocenters. The lowest BCUT2D eigenvalue weighted by atomic mass is 10.2. The standard InChI is InChI=1S/C14H12FN3OS/c1-9(19)18-14-5-11(2-3-13(14)15)17-7-12-4-10(6-16)8-20-12/h2-5,8,17H,7H2,1H3,(H,18,19). The van der Waals surface area contributed by atoms with Gasteiger partial charge in [0.05, 0.1) is 11.3 Å². The van der Waals surface area contributed by atoms with Gasteiger partial charge in [0.1, 0.15) is 11.9 Å². The number of nitrogens with zero attached hydrogens (tertiary/aromatic N) is 1. The van der Waals surface area contributed by atoms with E-state index in [0.717, 1.165) is 4.88 Å². The first-order chi connectivity index (χ1) is 9.58. The molecule has 2 aromatic rings. The SMILES string of the molecule is CC(=O)Nc1cc(NCc2cc(C#N)cs2)ccc1F. The summed E-state index contributed by atoms with van der Waals surface area (Å²) in [4.78, 5) is 12.0. The van der Waals surface area contributed by atoms with Gasteiger partial charge < -0.3 is 10.6 Å². The van der Waals surface area contributed by atoms with Crippen LogP contribution in [-0.4, -0.2) is 5.91 Å². The second-order valence-electron chi connectivity index (χ2n) is 4.14. The summed E-state index contributed by atoms with van der Waals surface area (Å²) in [5.74, 6) is -0.799. The number of benzene rings is 1. The topological polar surface area (TPSA) is 64.9 Å². The monoisotopic (exact) mass is 289 g/mol. The lowest BCUT2D eigenvalue weighted by Crippen LogP contribution is -2.08. The number of thiophene rings is 1. The number of anilines is 2. The van der Waals surface area contributed by atoms with E-state index in [2.05, 4.69) is 16.7 Å². The summed E-state index contributed by atoms with van der Waals surface area (Å²) >= 11 is 1.48. The Bertz CT molecular complexity index is 675. The van der Waals surface area contributed by atoms with Crippen molar-refractivity contribution in [2.75, 3.05) is 10.6 Å². The average Bonchev–Trinajstić information content (AvgIpc) is 2.87. The summed E-state index contributed by atoms with van der Waals surface area (Å²) in [6.07, 6.45) is 0. The Kier molecular flexibility index (Phi) is 4.33. The molecule has 0 aliphatic carbocycles. The predicted molar refractivity (Wildman–Crippen MR) is 77.1 cm³/mol. The zero-order chi connectivity index (χ0) is 14.5. The van der Waals surface area contributed by atoms with Gasteiger partial charge in [-0.15, -0.1) is 11.3 Å². The van der Waals surface area contributed by atoms with Gasteiger partial charge in [-0.25, -0.2) is 4.39 Å². The Hall–Kier alpha value is -2.39. The minimum Gasteiger partial charge on any atom is -0.380 e. The molecule has 0 saturated carbocycles. The predicted octanol–water partition coefficient (Wildman–Crippen LogP) is 3.33. The van der Waals surface area contributed by atoms with Crippen LogP contribution in [0.1, 0.15) is 17.4 Å². The quantitative estimate of drug-likeness (QED) is 0.907. The lowest BCUT2D eigenvalue weighted by Gasteiger charge is -2.09. The molecule has 1 heterocycles. The van der Waals surface area contributed by atoms with E-state index in [1.54, 1.807) is 17.5 Å². The zero-order valence-corrected chi connectivity index (χ0v) is 11.6. The van der Waals surface area contributed by atoms with Crippen molar-refractivity contribution in [2.24, 2.45) is 0 Å². The number of hydrogen-bond acceptors (Lipinski definition) is 4. The molecule has 2 rings (SSSR count). The second kappa shape index (κ2) is 6.17. The summed E-state index contributed by atoms with van der Waals surface area (Å²) < 4.78 is 13.5. The first kappa shape index (κ1) is 14.0. The first-order valence-electron chi connectivity index (χ1n) is 5.87. The molecule has 6 heteroatoms. The number of halogens is 1. The van der Waals surface area contributed by atoms with Crippen molar-refractivity contribution in [3.63, 3.8) is 0 Å². The molecular formula is C14H12FN3OS. The smallest absolute Gasteiger partial charge is 0.221 e. The highest BCUT2D eigenvalue weighted by Crippen LogP contribution is 2.21. The van der Waals surface area contributed by atoms with Gasteiger partial charge in [0.15, 0.2) is 0 Å². The molecule has 1 aromatic carbocycles. The van der Waals surface area contributed by atoms with Gasteiger partial charge in [-0.05, 0) is 24.3 Å². The summed E-state index contributed by atoms with van der Waals surface area (Å²) in [6, 6.07) is 8.30.